The number of ether oxygens (including phenoxy) is 2. The molecule has 1 aliphatic carbocycles. The molecule has 2 fully saturated rings. The minimum atomic E-state index is -0.224. The van der Waals surface area contributed by atoms with Crippen LogP contribution in [0.3, 0.4) is 0 Å². The number of hydrogen-bond donors (Lipinski definition) is 0. The zero-order valence-corrected chi connectivity index (χ0v) is 21.8. The fraction of sp³-hybridized carbons (Fsp3) is 0.357. The van der Waals surface area contributed by atoms with E-state index in [0.29, 0.717) is 65.6 Å². The van der Waals surface area contributed by atoms with Crippen molar-refractivity contribution < 1.29 is 9.47 Å². The van der Waals surface area contributed by atoms with Gasteiger partial charge in [0.2, 0.25) is 0 Å². The lowest BCUT2D eigenvalue weighted by Gasteiger charge is -2.26. The maximum absolute atomic E-state index is 13.8. The van der Waals surface area contributed by atoms with E-state index in [1.165, 1.54) is 10.9 Å². The lowest BCUT2D eigenvalue weighted by Crippen LogP contribution is -2.32. The fourth-order valence-corrected chi connectivity index (χ4v) is 4.75. The van der Waals surface area contributed by atoms with E-state index >= 15 is 0 Å². The number of rotatable bonds is 8. The number of pyridine rings is 1. The van der Waals surface area contributed by atoms with Crippen LogP contribution in [0.2, 0.25) is 0 Å². The van der Waals surface area contributed by atoms with Crippen molar-refractivity contribution in [2.24, 2.45) is 5.92 Å². The second kappa shape index (κ2) is 9.42. The normalized spacial score (nSPS) is 15.7. The molecule has 0 bridgehead atoms. The topological polar surface area (TPSA) is 115 Å². The molecule has 2 aliphatic rings. The van der Waals surface area contributed by atoms with Gasteiger partial charge in [-0.05, 0) is 44.9 Å². The van der Waals surface area contributed by atoms with Gasteiger partial charge in [-0.1, -0.05) is 6.07 Å². The third kappa shape index (κ3) is 4.38. The first-order valence-electron chi connectivity index (χ1n) is 13.2. The molecule has 39 heavy (non-hydrogen) atoms. The van der Waals surface area contributed by atoms with Crippen LogP contribution in [0.4, 0.5) is 0 Å². The number of fused-ring (bicyclic) bond motifs is 1. The predicted molar refractivity (Wildman–Crippen MR) is 143 cm³/mol. The second-order valence-electron chi connectivity index (χ2n) is 10.5. The highest BCUT2D eigenvalue weighted by Gasteiger charge is 2.27. The van der Waals surface area contributed by atoms with E-state index in [1.807, 2.05) is 39.6 Å². The summed E-state index contributed by atoms with van der Waals surface area (Å²) in [5, 5.41) is 8.75. The molecule has 0 radical (unpaired) electrons. The Morgan fingerprint density at radius 1 is 1.10 bits per heavy atom. The first-order valence-corrected chi connectivity index (χ1v) is 13.2. The first kappa shape index (κ1) is 23.7. The zero-order valence-electron chi connectivity index (χ0n) is 21.8. The molecule has 4 aromatic heterocycles. The van der Waals surface area contributed by atoms with Crippen molar-refractivity contribution in [1.82, 2.24) is 38.9 Å². The van der Waals surface area contributed by atoms with Gasteiger partial charge in [-0.3, -0.25) is 9.36 Å². The molecular formula is C28H28N8O3. The first-order chi connectivity index (χ1) is 19.0. The molecule has 5 heterocycles. The van der Waals surface area contributed by atoms with Gasteiger partial charge in [0, 0.05) is 30.1 Å². The summed E-state index contributed by atoms with van der Waals surface area (Å²) in [6.45, 7) is 6.04. The van der Waals surface area contributed by atoms with Crippen LogP contribution < -0.4 is 10.3 Å². The summed E-state index contributed by atoms with van der Waals surface area (Å²) in [7, 11) is 0. The van der Waals surface area contributed by atoms with Crippen molar-refractivity contribution in [3.63, 3.8) is 0 Å². The van der Waals surface area contributed by atoms with E-state index < -0.39 is 0 Å². The standard InChI is InChI=1S/C28H28N8O3/c1-17(2)35-16-31-33-27(35)21-4-3-5-26(32-21)36-15-30-22-9-25(39-13-18-11-38-12-18)24(8-20(22)28(36)37)34-10-23(29-14-34)19-6-7-19/h3-5,8-10,14-19H,6-7,11-13H2,1-2H3. The average molecular weight is 525 g/mol. The summed E-state index contributed by atoms with van der Waals surface area (Å²) in [6.07, 6.45) is 9.33. The van der Waals surface area contributed by atoms with E-state index in [2.05, 4.69) is 34.0 Å². The summed E-state index contributed by atoms with van der Waals surface area (Å²) >= 11 is 0. The highest BCUT2D eigenvalue weighted by atomic mass is 16.5. The fourth-order valence-electron chi connectivity index (χ4n) is 4.75. The molecule has 0 N–H and O–H groups in total. The Morgan fingerprint density at radius 2 is 1.97 bits per heavy atom. The Balaban J connectivity index is 1.31. The van der Waals surface area contributed by atoms with Crippen LogP contribution in [0.5, 0.6) is 5.75 Å². The smallest absolute Gasteiger partial charge is 0.267 e. The van der Waals surface area contributed by atoms with Crippen molar-refractivity contribution in [2.75, 3.05) is 19.8 Å². The molecule has 1 aromatic carbocycles. The van der Waals surface area contributed by atoms with Crippen LogP contribution in [0.25, 0.3) is 33.9 Å². The summed E-state index contributed by atoms with van der Waals surface area (Å²) in [5.41, 5.74) is 2.77. The van der Waals surface area contributed by atoms with Gasteiger partial charge in [0.25, 0.3) is 5.56 Å². The molecular weight excluding hydrogens is 496 g/mol. The Morgan fingerprint density at radius 3 is 2.74 bits per heavy atom. The summed E-state index contributed by atoms with van der Waals surface area (Å²) in [6, 6.07) is 9.33. The lowest BCUT2D eigenvalue weighted by molar-refractivity contribution is -0.0508. The van der Waals surface area contributed by atoms with Gasteiger partial charge >= 0.3 is 0 Å². The molecule has 0 spiro atoms. The zero-order chi connectivity index (χ0) is 26.5. The predicted octanol–water partition coefficient (Wildman–Crippen LogP) is 3.71. The minimum absolute atomic E-state index is 0.167. The number of imidazole rings is 1. The van der Waals surface area contributed by atoms with Gasteiger partial charge in [-0.15, -0.1) is 10.2 Å². The van der Waals surface area contributed by atoms with E-state index in [-0.39, 0.29) is 11.6 Å². The van der Waals surface area contributed by atoms with Crippen molar-refractivity contribution in [1.29, 1.82) is 0 Å². The average Bonchev–Trinajstić information content (AvgIpc) is 3.43. The Bertz CT molecular complexity index is 1730. The maximum Gasteiger partial charge on any atom is 0.267 e. The molecule has 1 saturated heterocycles. The van der Waals surface area contributed by atoms with Crippen LogP contribution in [0, 0.1) is 5.92 Å². The quantitative estimate of drug-likeness (QED) is 0.302. The van der Waals surface area contributed by atoms with Crippen LogP contribution in [0.15, 0.2) is 60.3 Å². The number of benzene rings is 1. The van der Waals surface area contributed by atoms with Crippen molar-refractivity contribution in [2.45, 2.75) is 38.6 Å². The molecule has 5 aromatic rings. The van der Waals surface area contributed by atoms with Gasteiger partial charge in [0.05, 0.1) is 48.4 Å². The number of aromatic nitrogens is 8. The molecule has 1 saturated carbocycles. The monoisotopic (exact) mass is 524 g/mol. The van der Waals surface area contributed by atoms with E-state index in [9.17, 15) is 4.79 Å². The second-order valence-corrected chi connectivity index (χ2v) is 10.5. The summed E-state index contributed by atoms with van der Waals surface area (Å²) < 4.78 is 16.9. The molecule has 0 unspecified atom stereocenters. The molecule has 0 atom stereocenters. The highest BCUT2D eigenvalue weighted by Crippen LogP contribution is 2.39. The van der Waals surface area contributed by atoms with Crippen molar-refractivity contribution in [3.8, 4) is 28.8 Å². The van der Waals surface area contributed by atoms with E-state index in [0.717, 1.165) is 24.2 Å². The highest BCUT2D eigenvalue weighted by molar-refractivity contribution is 5.83. The van der Waals surface area contributed by atoms with Gasteiger partial charge in [0.15, 0.2) is 5.82 Å². The third-order valence-electron chi connectivity index (χ3n) is 7.24. The molecule has 1 aliphatic heterocycles. The van der Waals surface area contributed by atoms with Gasteiger partial charge in [-0.2, -0.15) is 0 Å². The largest absolute Gasteiger partial charge is 0.491 e. The lowest BCUT2D eigenvalue weighted by atomic mass is 10.1. The molecule has 7 rings (SSSR count). The van der Waals surface area contributed by atoms with Gasteiger partial charge < -0.3 is 18.6 Å². The number of nitrogens with zero attached hydrogens (tertiary/aromatic N) is 8. The van der Waals surface area contributed by atoms with Crippen LogP contribution in [-0.4, -0.2) is 58.7 Å². The molecule has 11 nitrogen and oxygen atoms in total. The van der Waals surface area contributed by atoms with Crippen molar-refractivity contribution in [3.05, 3.63) is 71.6 Å². The van der Waals surface area contributed by atoms with E-state index in [1.54, 1.807) is 18.7 Å². The summed E-state index contributed by atoms with van der Waals surface area (Å²) in [5.74, 6) is 2.63. The van der Waals surface area contributed by atoms with Crippen LogP contribution >= 0.6 is 0 Å². The van der Waals surface area contributed by atoms with Crippen LogP contribution in [0.1, 0.15) is 44.3 Å². The van der Waals surface area contributed by atoms with Crippen LogP contribution in [-0.2, 0) is 4.74 Å². The molecule has 0 amide bonds. The molecule has 11 heteroatoms. The maximum atomic E-state index is 13.8. The van der Waals surface area contributed by atoms with E-state index in [4.69, 9.17) is 14.5 Å². The van der Waals surface area contributed by atoms with Gasteiger partial charge in [0.1, 0.15) is 29.9 Å². The SMILES string of the molecule is CC(C)n1cnnc1-c1cccc(-n2cnc3cc(OCC4COC4)c(-n4cnc(C5CC5)c4)cc3c2=O)n1. The number of hydrogen-bond acceptors (Lipinski definition) is 8. The minimum Gasteiger partial charge on any atom is -0.491 e. The Labute approximate surface area is 224 Å². The molecule has 198 valence electrons. The summed E-state index contributed by atoms with van der Waals surface area (Å²) in [4.78, 5) is 27.8. The Hall–Kier alpha value is -4.38. The van der Waals surface area contributed by atoms with Crippen molar-refractivity contribution >= 4 is 10.9 Å². The third-order valence-corrected chi connectivity index (χ3v) is 7.24. The van der Waals surface area contributed by atoms with Gasteiger partial charge in [-0.25, -0.2) is 15.0 Å². The Kier molecular flexibility index (Phi) is 5.73.